The third kappa shape index (κ3) is 4.79. The van der Waals surface area contributed by atoms with Gasteiger partial charge in [0, 0.05) is 18.0 Å². The van der Waals surface area contributed by atoms with E-state index in [0.717, 1.165) is 10.0 Å². The second-order valence-corrected chi connectivity index (χ2v) is 5.49. The lowest BCUT2D eigenvalue weighted by atomic mass is 10.2. The fraction of sp³-hybridized carbons (Fsp3) is 0.235. The van der Waals surface area contributed by atoms with Gasteiger partial charge in [-0.05, 0) is 59.6 Å². The maximum atomic E-state index is 11.9. The third-order valence-electron chi connectivity index (χ3n) is 2.94. The minimum Gasteiger partial charge on any atom is -0.490 e. The summed E-state index contributed by atoms with van der Waals surface area (Å²) in [7, 11) is 0. The lowest BCUT2D eigenvalue weighted by molar-refractivity contribution is 0.0955. The first kappa shape index (κ1) is 17.9. The molecule has 2 rings (SSSR count). The number of carbonyl (C=O) groups is 1. The fourth-order valence-electron chi connectivity index (χ4n) is 1.94. The van der Waals surface area contributed by atoms with E-state index >= 15 is 0 Å². The van der Waals surface area contributed by atoms with Gasteiger partial charge in [0.1, 0.15) is 0 Å². The zero-order chi connectivity index (χ0) is 17.4. The minimum absolute atomic E-state index is 0.302. The standard InChI is InChI=1S/C17H18BrN3O3/c1-3-23-15-10-12(9-14(18)16(15)24-4-2)11-20-21-17(22)13-5-7-19-8-6-13/h5-11H,3-4H2,1-2H3,(H,21,22)/b20-11-. The van der Waals surface area contributed by atoms with Crippen LogP contribution >= 0.6 is 15.9 Å². The first-order valence-electron chi connectivity index (χ1n) is 7.48. The van der Waals surface area contributed by atoms with Crippen LogP contribution in [0, 0.1) is 0 Å². The number of ether oxygens (including phenoxy) is 2. The van der Waals surface area contributed by atoms with Crippen LogP contribution in [0.2, 0.25) is 0 Å². The number of hydrogen-bond acceptors (Lipinski definition) is 5. The Morgan fingerprint density at radius 1 is 1.25 bits per heavy atom. The SMILES string of the molecule is CCOc1cc(/C=N\NC(=O)c2ccncc2)cc(Br)c1OCC. The molecule has 1 aromatic carbocycles. The van der Waals surface area contributed by atoms with Gasteiger partial charge in [0.15, 0.2) is 11.5 Å². The number of nitrogens with zero attached hydrogens (tertiary/aromatic N) is 2. The molecule has 0 saturated carbocycles. The molecule has 0 saturated heterocycles. The average molecular weight is 392 g/mol. The van der Waals surface area contributed by atoms with E-state index in [-0.39, 0.29) is 5.91 Å². The number of hydrogen-bond donors (Lipinski definition) is 1. The predicted octanol–water partition coefficient (Wildman–Crippen LogP) is 3.41. The van der Waals surface area contributed by atoms with E-state index < -0.39 is 0 Å². The van der Waals surface area contributed by atoms with Crippen LogP contribution in [0.4, 0.5) is 0 Å². The van der Waals surface area contributed by atoms with Gasteiger partial charge in [-0.25, -0.2) is 5.43 Å². The number of halogens is 1. The van der Waals surface area contributed by atoms with Gasteiger partial charge in [0.05, 0.1) is 23.9 Å². The first-order valence-corrected chi connectivity index (χ1v) is 8.27. The quantitative estimate of drug-likeness (QED) is 0.579. The molecule has 0 bridgehead atoms. The summed E-state index contributed by atoms with van der Waals surface area (Å²) in [5.41, 5.74) is 3.73. The molecule has 126 valence electrons. The van der Waals surface area contributed by atoms with Crippen molar-refractivity contribution in [3.8, 4) is 11.5 Å². The van der Waals surface area contributed by atoms with E-state index in [1.807, 2.05) is 19.9 Å². The van der Waals surface area contributed by atoms with Gasteiger partial charge in [-0.15, -0.1) is 0 Å². The smallest absolute Gasteiger partial charge is 0.271 e. The van der Waals surface area contributed by atoms with Gasteiger partial charge in [-0.2, -0.15) is 5.10 Å². The minimum atomic E-state index is -0.302. The van der Waals surface area contributed by atoms with Gasteiger partial charge >= 0.3 is 0 Å². The van der Waals surface area contributed by atoms with Gasteiger partial charge in [-0.3, -0.25) is 9.78 Å². The van der Waals surface area contributed by atoms with Gasteiger partial charge < -0.3 is 9.47 Å². The molecule has 0 aliphatic heterocycles. The maximum absolute atomic E-state index is 11.9. The van der Waals surface area contributed by atoms with Crippen LogP contribution in [-0.2, 0) is 0 Å². The number of pyridine rings is 1. The van der Waals surface area contributed by atoms with Crippen molar-refractivity contribution in [2.45, 2.75) is 13.8 Å². The fourth-order valence-corrected chi connectivity index (χ4v) is 2.52. The monoisotopic (exact) mass is 391 g/mol. The number of rotatable bonds is 7. The van der Waals surface area contributed by atoms with E-state index in [0.29, 0.717) is 30.3 Å². The van der Waals surface area contributed by atoms with E-state index in [9.17, 15) is 4.79 Å². The Balaban J connectivity index is 2.12. The molecule has 1 amide bonds. The molecule has 24 heavy (non-hydrogen) atoms. The average Bonchev–Trinajstić information content (AvgIpc) is 2.59. The van der Waals surface area contributed by atoms with Gasteiger partial charge in [0.25, 0.3) is 5.91 Å². The number of aromatic nitrogens is 1. The highest BCUT2D eigenvalue weighted by Gasteiger charge is 2.11. The second-order valence-electron chi connectivity index (χ2n) is 4.63. The molecular formula is C17H18BrN3O3. The van der Waals surface area contributed by atoms with Crippen LogP contribution in [-0.4, -0.2) is 30.3 Å². The van der Waals surface area contributed by atoms with Crippen molar-refractivity contribution in [3.63, 3.8) is 0 Å². The molecule has 1 N–H and O–H groups in total. The molecule has 1 aromatic heterocycles. The maximum Gasteiger partial charge on any atom is 0.271 e. The van der Waals surface area contributed by atoms with Crippen molar-refractivity contribution in [1.82, 2.24) is 10.4 Å². The number of nitrogens with one attached hydrogen (secondary N) is 1. The van der Waals surface area contributed by atoms with E-state index in [4.69, 9.17) is 9.47 Å². The summed E-state index contributed by atoms with van der Waals surface area (Å²) >= 11 is 3.47. The van der Waals surface area contributed by atoms with Crippen molar-refractivity contribution in [2.24, 2.45) is 5.10 Å². The van der Waals surface area contributed by atoms with E-state index in [2.05, 4.69) is 31.4 Å². The molecule has 1 heterocycles. The number of carbonyl (C=O) groups excluding carboxylic acids is 1. The Labute approximate surface area is 149 Å². The summed E-state index contributed by atoms with van der Waals surface area (Å²) in [6, 6.07) is 6.88. The van der Waals surface area contributed by atoms with Gasteiger partial charge in [-0.1, -0.05) is 0 Å². The van der Waals surface area contributed by atoms with Crippen LogP contribution in [0.15, 0.2) is 46.2 Å². The molecule has 6 nitrogen and oxygen atoms in total. The molecule has 0 fully saturated rings. The van der Waals surface area contributed by atoms with Crippen molar-refractivity contribution in [3.05, 3.63) is 52.3 Å². The molecule has 0 unspecified atom stereocenters. The lowest BCUT2D eigenvalue weighted by Crippen LogP contribution is -2.17. The molecular weight excluding hydrogens is 374 g/mol. The Kier molecular flexibility index (Phi) is 6.74. The zero-order valence-corrected chi connectivity index (χ0v) is 15.0. The summed E-state index contributed by atoms with van der Waals surface area (Å²) in [5.74, 6) is 0.969. The van der Waals surface area contributed by atoms with Gasteiger partial charge in [0.2, 0.25) is 0 Å². The van der Waals surface area contributed by atoms with Crippen LogP contribution in [0.3, 0.4) is 0 Å². The molecule has 0 spiro atoms. The Hall–Kier alpha value is -2.41. The normalized spacial score (nSPS) is 10.6. The summed E-state index contributed by atoms with van der Waals surface area (Å²) in [6.45, 7) is 4.87. The van der Waals surface area contributed by atoms with Crippen molar-refractivity contribution < 1.29 is 14.3 Å². The largest absolute Gasteiger partial charge is 0.490 e. The first-order chi connectivity index (χ1) is 11.7. The summed E-state index contributed by atoms with van der Waals surface area (Å²) < 4.78 is 11.9. The van der Waals surface area contributed by atoms with Crippen LogP contribution in [0.25, 0.3) is 0 Å². The Morgan fingerprint density at radius 3 is 2.62 bits per heavy atom. The number of amides is 1. The topological polar surface area (TPSA) is 72.8 Å². The molecule has 2 aromatic rings. The summed E-state index contributed by atoms with van der Waals surface area (Å²) in [6.07, 6.45) is 4.65. The van der Waals surface area contributed by atoms with Crippen molar-refractivity contribution in [2.75, 3.05) is 13.2 Å². The molecule has 0 radical (unpaired) electrons. The van der Waals surface area contributed by atoms with E-state index in [1.165, 1.54) is 0 Å². The number of benzene rings is 1. The third-order valence-corrected chi connectivity index (χ3v) is 3.53. The highest BCUT2D eigenvalue weighted by molar-refractivity contribution is 9.10. The Morgan fingerprint density at radius 2 is 1.96 bits per heavy atom. The van der Waals surface area contributed by atoms with Crippen molar-refractivity contribution >= 4 is 28.1 Å². The zero-order valence-electron chi connectivity index (χ0n) is 13.5. The molecule has 0 atom stereocenters. The predicted molar refractivity (Wildman–Crippen MR) is 95.8 cm³/mol. The van der Waals surface area contributed by atoms with Crippen LogP contribution in [0.5, 0.6) is 11.5 Å². The van der Waals surface area contributed by atoms with Crippen molar-refractivity contribution in [1.29, 1.82) is 0 Å². The highest BCUT2D eigenvalue weighted by Crippen LogP contribution is 2.36. The molecule has 0 aliphatic carbocycles. The number of hydrazone groups is 1. The Bertz CT molecular complexity index is 721. The van der Waals surface area contributed by atoms with Crippen LogP contribution < -0.4 is 14.9 Å². The summed E-state index contributed by atoms with van der Waals surface area (Å²) in [4.78, 5) is 15.8. The van der Waals surface area contributed by atoms with E-state index in [1.54, 1.807) is 36.8 Å². The molecule has 0 aliphatic rings. The second kappa shape index (κ2) is 9.02. The van der Waals surface area contributed by atoms with Crippen LogP contribution in [0.1, 0.15) is 29.8 Å². The highest BCUT2D eigenvalue weighted by atomic mass is 79.9. The lowest BCUT2D eigenvalue weighted by Gasteiger charge is -2.13. The summed E-state index contributed by atoms with van der Waals surface area (Å²) in [5, 5.41) is 3.97. The molecule has 7 heteroatoms.